The van der Waals surface area contributed by atoms with Crippen LogP contribution >= 0.6 is 0 Å². The van der Waals surface area contributed by atoms with Gasteiger partial charge in [-0.05, 0) is 26.3 Å². The van der Waals surface area contributed by atoms with E-state index in [-0.39, 0.29) is 12.5 Å². The lowest BCUT2D eigenvalue weighted by atomic mass is 9.95. The van der Waals surface area contributed by atoms with Gasteiger partial charge in [0.15, 0.2) is 0 Å². The van der Waals surface area contributed by atoms with Gasteiger partial charge in [-0.15, -0.1) is 0 Å². The van der Waals surface area contributed by atoms with Gasteiger partial charge in [0.1, 0.15) is 0 Å². The Morgan fingerprint density at radius 1 is 1.50 bits per heavy atom. The van der Waals surface area contributed by atoms with Crippen LogP contribution < -0.4 is 10.6 Å². The molecule has 6 heteroatoms. The fourth-order valence-corrected chi connectivity index (χ4v) is 1.89. The number of nitrogens with zero attached hydrogens (tertiary/aromatic N) is 1. The first kappa shape index (κ1) is 12.9. The summed E-state index contributed by atoms with van der Waals surface area (Å²) in [4.78, 5) is 24.1. The van der Waals surface area contributed by atoms with Crippen molar-refractivity contribution in [3.8, 4) is 0 Å². The Kier molecular flexibility index (Phi) is 4.26. The van der Waals surface area contributed by atoms with Gasteiger partial charge < -0.3 is 10.4 Å². The van der Waals surface area contributed by atoms with Crippen molar-refractivity contribution in [1.29, 1.82) is 0 Å². The minimum Gasteiger partial charge on any atom is -0.389 e. The van der Waals surface area contributed by atoms with E-state index in [1.807, 2.05) is 4.90 Å². The number of hydrogen-bond donors (Lipinski definition) is 3. The molecule has 1 aliphatic heterocycles. The molecule has 1 aliphatic rings. The van der Waals surface area contributed by atoms with Crippen LogP contribution in [-0.2, 0) is 4.79 Å². The van der Waals surface area contributed by atoms with Crippen molar-refractivity contribution in [3.63, 3.8) is 0 Å². The monoisotopic (exact) mass is 229 g/mol. The second kappa shape index (κ2) is 5.27. The number of rotatable bonds is 2. The van der Waals surface area contributed by atoms with Gasteiger partial charge in [-0.25, -0.2) is 4.79 Å². The summed E-state index contributed by atoms with van der Waals surface area (Å²) in [5.74, 6) is -0.350. The summed E-state index contributed by atoms with van der Waals surface area (Å²) in [6, 6.07) is -0.506. The molecular formula is C10H19N3O3. The number of carbonyl (C=O) groups excluding carboxylic acids is 2. The molecule has 0 spiro atoms. The standard InChI is InChI=1S/C10H19N3O3/c1-10(16)4-3-5-13(7-10)6-8(14)12-9(15)11-2/h16H,3-7H2,1-2H3,(H2,11,12,14,15). The first-order valence-corrected chi connectivity index (χ1v) is 5.39. The van der Waals surface area contributed by atoms with Crippen LogP contribution in [0.2, 0.25) is 0 Å². The molecule has 0 bridgehead atoms. The van der Waals surface area contributed by atoms with Crippen LogP contribution in [0.25, 0.3) is 0 Å². The van der Waals surface area contributed by atoms with E-state index in [1.165, 1.54) is 7.05 Å². The minimum absolute atomic E-state index is 0.142. The predicted octanol–water partition coefficient (Wildman–Crippen LogP) is -0.711. The van der Waals surface area contributed by atoms with Gasteiger partial charge in [-0.3, -0.25) is 15.0 Å². The molecule has 1 atom stereocenters. The van der Waals surface area contributed by atoms with E-state index in [0.29, 0.717) is 6.54 Å². The molecule has 0 aromatic carbocycles. The highest BCUT2D eigenvalue weighted by Crippen LogP contribution is 2.19. The van der Waals surface area contributed by atoms with E-state index in [2.05, 4.69) is 10.6 Å². The van der Waals surface area contributed by atoms with Crippen molar-refractivity contribution in [2.24, 2.45) is 0 Å². The molecule has 0 saturated carbocycles. The molecule has 1 fully saturated rings. The molecule has 1 heterocycles. The zero-order valence-corrected chi connectivity index (χ0v) is 9.75. The van der Waals surface area contributed by atoms with Gasteiger partial charge >= 0.3 is 6.03 Å². The number of urea groups is 1. The van der Waals surface area contributed by atoms with Crippen LogP contribution in [0.1, 0.15) is 19.8 Å². The molecule has 1 unspecified atom stereocenters. The Balaban J connectivity index is 2.36. The molecule has 0 aromatic heterocycles. The smallest absolute Gasteiger partial charge is 0.321 e. The Hall–Kier alpha value is -1.14. The molecule has 16 heavy (non-hydrogen) atoms. The molecule has 92 valence electrons. The fourth-order valence-electron chi connectivity index (χ4n) is 1.89. The number of nitrogens with one attached hydrogen (secondary N) is 2. The van der Waals surface area contributed by atoms with Crippen molar-refractivity contribution >= 4 is 11.9 Å². The third kappa shape index (κ3) is 4.16. The van der Waals surface area contributed by atoms with Crippen molar-refractivity contribution < 1.29 is 14.7 Å². The van der Waals surface area contributed by atoms with E-state index < -0.39 is 11.6 Å². The maximum atomic E-state index is 11.4. The minimum atomic E-state index is -0.731. The quantitative estimate of drug-likeness (QED) is 0.584. The molecule has 0 aromatic rings. The first-order chi connectivity index (χ1) is 7.43. The van der Waals surface area contributed by atoms with E-state index in [4.69, 9.17) is 0 Å². The zero-order valence-electron chi connectivity index (χ0n) is 9.75. The van der Waals surface area contributed by atoms with E-state index >= 15 is 0 Å². The van der Waals surface area contributed by atoms with Gasteiger partial charge in [0, 0.05) is 13.6 Å². The highest BCUT2D eigenvalue weighted by atomic mass is 16.3. The van der Waals surface area contributed by atoms with Crippen molar-refractivity contribution in [2.75, 3.05) is 26.7 Å². The van der Waals surface area contributed by atoms with E-state index in [9.17, 15) is 14.7 Å². The van der Waals surface area contributed by atoms with Crippen LogP contribution in [0.5, 0.6) is 0 Å². The summed E-state index contributed by atoms with van der Waals surface area (Å²) in [6.07, 6.45) is 1.61. The average molecular weight is 229 g/mol. The number of likely N-dealkylation sites (tertiary alicyclic amines) is 1. The lowest BCUT2D eigenvalue weighted by Gasteiger charge is -2.36. The average Bonchev–Trinajstić information content (AvgIpc) is 2.15. The van der Waals surface area contributed by atoms with Crippen LogP contribution in [0.3, 0.4) is 0 Å². The summed E-state index contributed by atoms with van der Waals surface area (Å²) in [5.41, 5.74) is -0.731. The highest BCUT2D eigenvalue weighted by molar-refractivity contribution is 5.95. The van der Waals surface area contributed by atoms with E-state index in [1.54, 1.807) is 6.92 Å². The largest absolute Gasteiger partial charge is 0.389 e. The second-order valence-corrected chi connectivity index (χ2v) is 4.44. The van der Waals surface area contributed by atoms with E-state index in [0.717, 1.165) is 19.4 Å². The lowest BCUT2D eigenvalue weighted by Crippen LogP contribution is -2.50. The third-order valence-corrected chi connectivity index (χ3v) is 2.60. The topological polar surface area (TPSA) is 81.7 Å². The van der Waals surface area contributed by atoms with Crippen LogP contribution in [0, 0.1) is 0 Å². The Morgan fingerprint density at radius 2 is 2.19 bits per heavy atom. The molecule has 1 saturated heterocycles. The summed E-state index contributed by atoms with van der Waals surface area (Å²) in [7, 11) is 1.45. The molecular weight excluding hydrogens is 210 g/mol. The Labute approximate surface area is 95.0 Å². The molecule has 3 amide bonds. The van der Waals surface area contributed by atoms with Crippen molar-refractivity contribution in [2.45, 2.75) is 25.4 Å². The number of β-amino-alcohol motifs (C(OH)–C–C–N with tert-alkyl or cyclic N) is 1. The molecule has 0 radical (unpaired) electrons. The molecule has 6 nitrogen and oxygen atoms in total. The summed E-state index contributed by atoms with van der Waals surface area (Å²) in [5, 5.41) is 14.3. The number of piperidine rings is 1. The second-order valence-electron chi connectivity index (χ2n) is 4.44. The summed E-state index contributed by atoms with van der Waals surface area (Å²) < 4.78 is 0. The summed E-state index contributed by atoms with van der Waals surface area (Å²) >= 11 is 0. The Morgan fingerprint density at radius 3 is 2.75 bits per heavy atom. The lowest BCUT2D eigenvalue weighted by molar-refractivity contribution is -0.122. The third-order valence-electron chi connectivity index (χ3n) is 2.60. The number of hydrogen-bond acceptors (Lipinski definition) is 4. The van der Waals surface area contributed by atoms with Crippen molar-refractivity contribution in [1.82, 2.24) is 15.5 Å². The number of imide groups is 1. The normalized spacial score (nSPS) is 26.2. The predicted molar refractivity (Wildman–Crippen MR) is 58.9 cm³/mol. The maximum Gasteiger partial charge on any atom is 0.321 e. The summed E-state index contributed by atoms with van der Waals surface area (Å²) in [6.45, 7) is 3.14. The van der Waals surface area contributed by atoms with Crippen molar-refractivity contribution in [3.05, 3.63) is 0 Å². The van der Waals surface area contributed by atoms with Gasteiger partial charge in [0.05, 0.1) is 12.1 Å². The van der Waals surface area contributed by atoms with Crippen LogP contribution in [0.15, 0.2) is 0 Å². The van der Waals surface area contributed by atoms with Gasteiger partial charge in [-0.1, -0.05) is 0 Å². The van der Waals surface area contributed by atoms with Crippen LogP contribution in [0.4, 0.5) is 4.79 Å². The van der Waals surface area contributed by atoms with Gasteiger partial charge in [0.2, 0.25) is 5.91 Å². The van der Waals surface area contributed by atoms with Gasteiger partial charge in [0.25, 0.3) is 0 Å². The zero-order chi connectivity index (χ0) is 12.2. The number of amides is 3. The highest BCUT2D eigenvalue weighted by Gasteiger charge is 2.29. The maximum absolute atomic E-state index is 11.4. The molecule has 0 aliphatic carbocycles. The van der Waals surface area contributed by atoms with Gasteiger partial charge in [-0.2, -0.15) is 0 Å². The number of aliphatic hydroxyl groups is 1. The number of carbonyl (C=O) groups is 2. The SMILES string of the molecule is CNC(=O)NC(=O)CN1CCCC(C)(O)C1. The molecule has 1 rings (SSSR count). The van der Waals surface area contributed by atoms with Crippen LogP contribution in [-0.4, -0.2) is 54.2 Å². The Bertz CT molecular complexity index is 278. The fraction of sp³-hybridized carbons (Fsp3) is 0.800. The first-order valence-electron chi connectivity index (χ1n) is 5.39. The molecule has 3 N–H and O–H groups in total.